The second-order valence-electron chi connectivity index (χ2n) is 5.81. The van der Waals surface area contributed by atoms with E-state index in [0.29, 0.717) is 11.1 Å². The van der Waals surface area contributed by atoms with Crippen LogP contribution in [-0.4, -0.2) is 27.0 Å². The highest BCUT2D eigenvalue weighted by molar-refractivity contribution is 7.13. The summed E-state index contributed by atoms with van der Waals surface area (Å²) < 4.78 is 13.4. The summed E-state index contributed by atoms with van der Waals surface area (Å²) in [5.41, 5.74) is 2.24. The van der Waals surface area contributed by atoms with Gasteiger partial charge in [0.1, 0.15) is 17.1 Å². The number of aliphatic hydroxyl groups excluding tert-OH is 1. The second-order valence-corrected chi connectivity index (χ2v) is 6.62. The Balaban J connectivity index is 1.94. The molecule has 134 valence electrons. The van der Waals surface area contributed by atoms with Gasteiger partial charge in [-0.1, -0.05) is 53.8 Å². The molecule has 1 saturated heterocycles. The maximum absolute atomic E-state index is 13.4. The molecule has 1 fully saturated rings. The minimum absolute atomic E-state index is 0.0759. The van der Waals surface area contributed by atoms with Gasteiger partial charge in [-0.3, -0.25) is 14.5 Å². The normalized spacial score (nSPS) is 18.9. The number of anilines is 1. The first-order chi connectivity index (χ1) is 13.1. The first kappa shape index (κ1) is 17.0. The maximum Gasteiger partial charge on any atom is 0.301 e. The lowest BCUT2D eigenvalue weighted by atomic mass is 9.95. The Kier molecular flexibility index (Phi) is 4.25. The number of Topliss-reactive ketones (excluding diaryl/α,β-unsaturated/α-hetero) is 1. The van der Waals surface area contributed by atoms with Gasteiger partial charge in [0.2, 0.25) is 5.13 Å². The fraction of sp³-hybridized carbons (Fsp3) is 0.0526. The van der Waals surface area contributed by atoms with E-state index in [4.69, 9.17) is 0 Å². The van der Waals surface area contributed by atoms with Gasteiger partial charge < -0.3 is 5.11 Å². The van der Waals surface area contributed by atoms with E-state index in [2.05, 4.69) is 10.2 Å². The molecule has 2 heterocycles. The van der Waals surface area contributed by atoms with Gasteiger partial charge in [0.15, 0.2) is 0 Å². The monoisotopic (exact) mass is 381 g/mol. The number of amides is 1. The molecule has 0 bridgehead atoms. The van der Waals surface area contributed by atoms with Crippen molar-refractivity contribution >= 4 is 33.9 Å². The minimum atomic E-state index is -0.932. The molecule has 8 heteroatoms. The SMILES string of the molecule is O=C1C(=O)N(c2nncs2)[C@@H](c2ccc(F)cc2)/C1=C(\O)c1ccccc1. The van der Waals surface area contributed by atoms with Gasteiger partial charge in [-0.25, -0.2) is 4.39 Å². The summed E-state index contributed by atoms with van der Waals surface area (Å²) in [7, 11) is 0. The molecule has 1 aliphatic rings. The summed E-state index contributed by atoms with van der Waals surface area (Å²) in [4.78, 5) is 26.6. The van der Waals surface area contributed by atoms with Gasteiger partial charge in [-0.05, 0) is 17.7 Å². The Morgan fingerprint density at radius 2 is 1.78 bits per heavy atom. The molecule has 27 heavy (non-hydrogen) atoms. The molecule has 0 spiro atoms. The van der Waals surface area contributed by atoms with E-state index in [0.717, 1.165) is 11.3 Å². The minimum Gasteiger partial charge on any atom is -0.507 e. The Hall–Kier alpha value is -3.39. The molecule has 1 atom stereocenters. The summed E-state index contributed by atoms with van der Waals surface area (Å²) in [6.07, 6.45) is 0. The quantitative estimate of drug-likeness (QED) is 0.428. The molecule has 1 aromatic heterocycles. The van der Waals surface area contributed by atoms with Crippen LogP contribution < -0.4 is 4.90 Å². The van der Waals surface area contributed by atoms with Gasteiger partial charge >= 0.3 is 5.91 Å². The van der Waals surface area contributed by atoms with Crippen LogP contribution in [0.4, 0.5) is 9.52 Å². The average molecular weight is 381 g/mol. The van der Waals surface area contributed by atoms with Gasteiger partial charge in [-0.15, -0.1) is 10.2 Å². The number of carbonyl (C=O) groups excluding carboxylic acids is 2. The largest absolute Gasteiger partial charge is 0.507 e. The zero-order valence-corrected chi connectivity index (χ0v) is 14.6. The lowest BCUT2D eigenvalue weighted by molar-refractivity contribution is -0.132. The molecule has 1 amide bonds. The molecule has 2 aromatic carbocycles. The third kappa shape index (κ3) is 2.89. The van der Waals surface area contributed by atoms with Crippen LogP contribution in [-0.2, 0) is 9.59 Å². The van der Waals surface area contributed by atoms with Crippen molar-refractivity contribution in [2.24, 2.45) is 0 Å². The second kappa shape index (κ2) is 6.73. The number of carbonyl (C=O) groups is 2. The maximum atomic E-state index is 13.4. The summed E-state index contributed by atoms with van der Waals surface area (Å²) in [5.74, 6) is -2.40. The van der Waals surface area contributed by atoms with Gasteiger partial charge in [-0.2, -0.15) is 0 Å². The fourth-order valence-corrected chi connectivity index (χ4v) is 3.60. The zero-order chi connectivity index (χ0) is 19.0. The Morgan fingerprint density at radius 1 is 1.07 bits per heavy atom. The predicted octanol–water partition coefficient (Wildman–Crippen LogP) is 3.30. The molecule has 0 aliphatic carbocycles. The third-order valence-electron chi connectivity index (χ3n) is 4.23. The third-order valence-corrected chi connectivity index (χ3v) is 4.92. The summed E-state index contributed by atoms with van der Waals surface area (Å²) in [5, 5.41) is 18.6. The van der Waals surface area contributed by atoms with E-state index in [1.54, 1.807) is 30.3 Å². The van der Waals surface area contributed by atoms with Crippen LogP contribution >= 0.6 is 11.3 Å². The van der Waals surface area contributed by atoms with Crippen molar-refractivity contribution in [1.82, 2.24) is 10.2 Å². The standard InChI is InChI=1S/C19H12FN3O3S/c20-13-8-6-11(7-9-13)15-14(16(24)12-4-2-1-3-5-12)17(25)18(26)23(15)19-22-21-10-27-19/h1-10,15,24H/b16-14+/t15-/m0/s1. The Morgan fingerprint density at radius 3 is 2.41 bits per heavy atom. The van der Waals surface area contributed by atoms with E-state index in [1.165, 1.54) is 34.7 Å². The number of hydrogen-bond donors (Lipinski definition) is 1. The van der Waals surface area contributed by atoms with Crippen LogP contribution in [0.2, 0.25) is 0 Å². The molecule has 1 N–H and O–H groups in total. The molecule has 4 rings (SSSR count). The summed E-state index contributed by atoms with van der Waals surface area (Å²) in [6.45, 7) is 0. The first-order valence-corrected chi connectivity index (χ1v) is 8.84. The smallest absolute Gasteiger partial charge is 0.301 e. The molecule has 0 unspecified atom stereocenters. The van der Waals surface area contributed by atoms with Gasteiger partial charge in [0, 0.05) is 5.56 Å². The predicted molar refractivity (Wildman–Crippen MR) is 97.5 cm³/mol. The van der Waals surface area contributed by atoms with Crippen molar-refractivity contribution in [2.45, 2.75) is 6.04 Å². The first-order valence-electron chi connectivity index (χ1n) is 7.96. The highest BCUT2D eigenvalue weighted by Crippen LogP contribution is 2.42. The van der Waals surface area contributed by atoms with E-state index in [9.17, 15) is 19.1 Å². The van der Waals surface area contributed by atoms with Crippen molar-refractivity contribution in [2.75, 3.05) is 4.90 Å². The molecular formula is C19H12FN3O3S. The Bertz CT molecular complexity index is 1030. The lowest BCUT2D eigenvalue weighted by Crippen LogP contribution is -2.29. The van der Waals surface area contributed by atoms with Crippen molar-refractivity contribution in [3.8, 4) is 0 Å². The number of hydrogen-bond acceptors (Lipinski definition) is 6. The van der Waals surface area contributed by atoms with Crippen molar-refractivity contribution in [3.05, 3.63) is 82.6 Å². The highest BCUT2D eigenvalue weighted by atomic mass is 32.1. The number of ketones is 1. The van der Waals surface area contributed by atoms with E-state index < -0.39 is 23.5 Å². The molecule has 0 saturated carbocycles. The number of benzene rings is 2. The van der Waals surface area contributed by atoms with Crippen molar-refractivity contribution in [3.63, 3.8) is 0 Å². The molecule has 6 nitrogen and oxygen atoms in total. The van der Waals surface area contributed by atoms with Crippen LogP contribution in [0.1, 0.15) is 17.2 Å². The molecule has 3 aromatic rings. The fourth-order valence-electron chi connectivity index (χ4n) is 3.01. The summed E-state index contributed by atoms with van der Waals surface area (Å²) in [6, 6.07) is 12.9. The lowest BCUT2D eigenvalue weighted by Gasteiger charge is -2.22. The number of halogens is 1. The molecular weight excluding hydrogens is 369 g/mol. The van der Waals surface area contributed by atoms with Crippen LogP contribution in [0.25, 0.3) is 5.76 Å². The topological polar surface area (TPSA) is 83.4 Å². The number of aromatic nitrogens is 2. The van der Waals surface area contributed by atoms with Crippen molar-refractivity contribution in [1.29, 1.82) is 0 Å². The van der Waals surface area contributed by atoms with Gasteiger partial charge in [0.25, 0.3) is 5.78 Å². The number of nitrogens with zero attached hydrogens (tertiary/aromatic N) is 3. The van der Waals surface area contributed by atoms with Crippen LogP contribution in [0.5, 0.6) is 0 Å². The molecule has 1 aliphatic heterocycles. The number of rotatable bonds is 3. The van der Waals surface area contributed by atoms with Gasteiger partial charge in [0.05, 0.1) is 11.6 Å². The summed E-state index contributed by atoms with van der Waals surface area (Å²) >= 11 is 1.09. The van der Waals surface area contributed by atoms with E-state index >= 15 is 0 Å². The van der Waals surface area contributed by atoms with Crippen LogP contribution in [0, 0.1) is 5.82 Å². The Labute approximate surface area is 157 Å². The highest BCUT2D eigenvalue weighted by Gasteiger charge is 2.48. The van der Waals surface area contributed by atoms with Crippen molar-refractivity contribution < 1.29 is 19.1 Å². The van der Waals surface area contributed by atoms with E-state index in [1.807, 2.05) is 0 Å². The van der Waals surface area contributed by atoms with Crippen LogP contribution in [0.15, 0.2) is 65.7 Å². The van der Waals surface area contributed by atoms with E-state index in [-0.39, 0.29) is 16.5 Å². The molecule has 0 radical (unpaired) electrons. The average Bonchev–Trinajstić information content (AvgIpc) is 3.30. The van der Waals surface area contributed by atoms with Crippen LogP contribution in [0.3, 0.4) is 0 Å². The number of aliphatic hydroxyl groups is 1. The zero-order valence-electron chi connectivity index (χ0n) is 13.7.